The van der Waals surface area contributed by atoms with E-state index in [1.165, 1.54) is 11.1 Å². The molecule has 2 heterocycles. The Morgan fingerprint density at radius 2 is 2.00 bits per heavy atom. The second kappa shape index (κ2) is 7.27. The van der Waals surface area contributed by atoms with Crippen LogP contribution >= 0.6 is 0 Å². The molecule has 4 nitrogen and oxygen atoms in total. The number of pyridine rings is 1. The molecule has 0 bridgehead atoms. The first kappa shape index (κ1) is 18.5. The molecule has 2 aromatic carbocycles. The maximum Gasteiger partial charge on any atom is 0.257 e. The topological polar surface area (TPSA) is 42.4 Å². The fraction of sp³-hybridized carbons (Fsp3) is 0.333. The van der Waals surface area contributed by atoms with Gasteiger partial charge in [-0.1, -0.05) is 12.1 Å². The molecule has 4 rings (SSSR count). The Morgan fingerprint density at radius 1 is 1.18 bits per heavy atom. The minimum Gasteiger partial charge on any atom is -0.492 e. The summed E-state index contributed by atoms with van der Waals surface area (Å²) >= 11 is 0. The minimum atomic E-state index is 0.0364. The number of aromatic nitrogens is 1. The van der Waals surface area contributed by atoms with Crippen molar-refractivity contribution in [1.29, 1.82) is 0 Å². The van der Waals surface area contributed by atoms with Crippen LogP contribution in [0.25, 0.3) is 10.9 Å². The molecule has 1 aliphatic heterocycles. The third-order valence-electron chi connectivity index (χ3n) is 6.00. The van der Waals surface area contributed by atoms with Gasteiger partial charge in [-0.25, -0.2) is 0 Å². The third-order valence-corrected chi connectivity index (χ3v) is 6.00. The first-order valence-corrected chi connectivity index (χ1v) is 9.82. The van der Waals surface area contributed by atoms with Gasteiger partial charge in [0.25, 0.3) is 5.91 Å². The summed E-state index contributed by atoms with van der Waals surface area (Å²) < 4.78 is 6.04. The highest BCUT2D eigenvalue weighted by molar-refractivity contribution is 5.98. The van der Waals surface area contributed by atoms with Crippen molar-refractivity contribution in [3.05, 3.63) is 70.4 Å². The molecular weight excluding hydrogens is 348 g/mol. The van der Waals surface area contributed by atoms with Gasteiger partial charge in [-0.2, -0.15) is 0 Å². The number of hydrogen-bond donors (Lipinski definition) is 0. The number of rotatable bonds is 2. The molecule has 0 fully saturated rings. The standard InChI is InChI=1S/C24H26N2O2/c1-15-9-11-28-23-17(3)16(2)20(14-21(23)24(27)26(15)4)13-18-7-8-22-19(12-18)6-5-10-25-22/h5-8,10,12,14-15H,9,11,13H2,1-4H3/t15-/m1/s1. The van der Waals surface area contributed by atoms with Crippen LogP contribution in [0.5, 0.6) is 5.75 Å². The van der Waals surface area contributed by atoms with Crippen molar-refractivity contribution < 1.29 is 9.53 Å². The number of carbonyl (C=O) groups is 1. The van der Waals surface area contributed by atoms with Gasteiger partial charge in [0.1, 0.15) is 5.75 Å². The zero-order chi connectivity index (χ0) is 19.8. The highest BCUT2D eigenvalue weighted by Crippen LogP contribution is 2.33. The second-order valence-corrected chi connectivity index (χ2v) is 7.77. The Labute approximate surface area is 166 Å². The molecule has 1 amide bonds. The van der Waals surface area contributed by atoms with Gasteiger partial charge in [0.15, 0.2) is 0 Å². The fourth-order valence-electron chi connectivity index (χ4n) is 3.86. The molecular formula is C24H26N2O2. The van der Waals surface area contributed by atoms with Crippen LogP contribution in [0, 0.1) is 13.8 Å². The number of carbonyl (C=O) groups excluding carboxylic acids is 1. The van der Waals surface area contributed by atoms with E-state index >= 15 is 0 Å². The highest BCUT2D eigenvalue weighted by Gasteiger charge is 2.26. The lowest BCUT2D eigenvalue weighted by atomic mass is 9.92. The minimum absolute atomic E-state index is 0.0364. The quantitative estimate of drug-likeness (QED) is 0.654. The summed E-state index contributed by atoms with van der Waals surface area (Å²) in [6.45, 7) is 6.87. The van der Waals surface area contributed by atoms with E-state index in [1.807, 2.05) is 30.3 Å². The molecule has 1 atom stereocenters. The van der Waals surface area contributed by atoms with Crippen LogP contribution in [0.1, 0.15) is 46.0 Å². The molecule has 4 heteroatoms. The largest absolute Gasteiger partial charge is 0.492 e. The molecule has 0 N–H and O–H groups in total. The Hall–Kier alpha value is -2.88. The number of hydrogen-bond acceptors (Lipinski definition) is 3. The van der Waals surface area contributed by atoms with Gasteiger partial charge in [0.05, 0.1) is 17.7 Å². The van der Waals surface area contributed by atoms with E-state index in [4.69, 9.17) is 4.74 Å². The van der Waals surface area contributed by atoms with Crippen molar-refractivity contribution in [1.82, 2.24) is 9.88 Å². The molecule has 0 saturated heterocycles. The monoisotopic (exact) mass is 374 g/mol. The molecule has 0 unspecified atom stereocenters. The Morgan fingerprint density at radius 3 is 2.82 bits per heavy atom. The molecule has 0 spiro atoms. The van der Waals surface area contributed by atoms with Gasteiger partial charge in [0, 0.05) is 31.1 Å². The first-order valence-electron chi connectivity index (χ1n) is 9.82. The molecule has 3 aromatic rings. The van der Waals surface area contributed by atoms with Crippen molar-refractivity contribution in [2.75, 3.05) is 13.7 Å². The molecule has 0 saturated carbocycles. The predicted molar refractivity (Wildman–Crippen MR) is 112 cm³/mol. The van der Waals surface area contributed by atoms with Crippen LogP contribution < -0.4 is 4.74 Å². The summed E-state index contributed by atoms with van der Waals surface area (Å²) in [5.74, 6) is 0.780. The summed E-state index contributed by atoms with van der Waals surface area (Å²) in [5, 5.41) is 1.13. The van der Waals surface area contributed by atoms with E-state index in [9.17, 15) is 4.79 Å². The van der Waals surface area contributed by atoms with E-state index in [-0.39, 0.29) is 11.9 Å². The van der Waals surface area contributed by atoms with Gasteiger partial charge < -0.3 is 9.64 Å². The van der Waals surface area contributed by atoms with Crippen molar-refractivity contribution in [2.45, 2.75) is 39.7 Å². The summed E-state index contributed by atoms with van der Waals surface area (Å²) in [6.07, 6.45) is 3.43. The number of nitrogens with zero attached hydrogens (tertiary/aromatic N) is 2. The lowest BCUT2D eigenvalue weighted by molar-refractivity contribution is 0.0699. The Bertz CT molecular complexity index is 1060. The number of benzene rings is 2. The smallest absolute Gasteiger partial charge is 0.257 e. The van der Waals surface area contributed by atoms with Gasteiger partial charge in [-0.3, -0.25) is 9.78 Å². The van der Waals surface area contributed by atoms with Crippen LogP contribution in [0.2, 0.25) is 0 Å². The van der Waals surface area contributed by atoms with Crippen molar-refractivity contribution in [3.63, 3.8) is 0 Å². The summed E-state index contributed by atoms with van der Waals surface area (Å²) in [6, 6.07) is 12.6. The maximum absolute atomic E-state index is 13.1. The molecule has 0 radical (unpaired) electrons. The summed E-state index contributed by atoms with van der Waals surface area (Å²) in [4.78, 5) is 19.3. The van der Waals surface area contributed by atoms with Crippen LogP contribution in [-0.2, 0) is 6.42 Å². The van der Waals surface area contributed by atoms with E-state index in [0.29, 0.717) is 12.2 Å². The van der Waals surface area contributed by atoms with Gasteiger partial charge >= 0.3 is 0 Å². The average molecular weight is 374 g/mol. The van der Waals surface area contributed by atoms with Gasteiger partial charge in [-0.15, -0.1) is 0 Å². The molecule has 0 aliphatic carbocycles. The molecule has 28 heavy (non-hydrogen) atoms. The molecule has 1 aliphatic rings. The normalized spacial score (nSPS) is 17.1. The Kier molecular flexibility index (Phi) is 4.80. The SMILES string of the molecule is Cc1c(Cc2ccc3ncccc3c2)cc2c(c1C)OCC[C@@H](C)N(C)C2=O. The van der Waals surface area contributed by atoms with Crippen LogP contribution in [0.3, 0.4) is 0 Å². The summed E-state index contributed by atoms with van der Waals surface area (Å²) in [5.41, 5.74) is 6.30. The van der Waals surface area contributed by atoms with E-state index in [1.54, 1.807) is 0 Å². The van der Waals surface area contributed by atoms with E-state index in [0.717, 1.165) is 40.6 Å². The van der Waals surface area contributed by atoms with Crippen molar-refractivity contribution >= 4 is 16.8 Å². The zero-order valence-corrected chi connectivity index (χ0v) is 17.0. The first-order chi connectivity index (χ1) is 13.5. The third kappa shape index (κ3) is 3.24. The predicted octanol–water partition coefficient (Wildman–Crippen LogP) is 4.69. The number of amides is 1. The van der Waals surface area contributed by atoms with Crippen molar-refractivity contribution in [3.8, 4) is 5.75 Å². The highest BCUT2D eigenvalue weighted by atomic mass is 16.5. The van der Waals surface area contributed by atoms with E-state index < -0.39 is 0 Å². The van der Waals surface area contributed by atoms with Crippen molar-refractivity contribution in [2.24, 2.45) is 0 Å². The van der Waals surface area contributed by atoms with E-state index in [2.05, 4.69) is 50.0 Å². The van der Waals surface area contributed by atoms with Crippen LogP contribution in [0.15, 0.2) is 42.6 Å². The number of fused-ring (bicyclic) bond motifs is 2. The van der Waals surface area contributed by atoms with Gasteiger partial charge in [-0.05, 0) is 73.7 Å². The molecule has 1 aromatic heterocycles. The van der Waals surface area contributed by atoms with Gasteiger partial charge in [0.2, 0.25) is 0 Å². The molecule has 144 valence electrons. The lowest BCUT2D eigenvalue weighted by Crippen LogP contribution is -2.38. The van der Waals surface area contributed by atoms with Crippen LogP contribution in [0.4, 0.5) is 0 Å². The maximum atomic E-state index is 13.1. The fourth-order valence-corrected chi connectivity index (χ4v) is 3.86. The summed E-state index contributed by atoms with van der Waals surface area (Å²) in [7, 11) is 1.88. The number of ether oxygens (including phenoxy) is 1. The lowest BCUT2D eigenvalue weighted by Gasteiger charge is -2.30. The second-order valence-electron chi connectivity index (χ2n) is 7.77. The zero-order valence-electron chi connectivity index (χ0n) is 17.0. The average Bonchev–Trinajstić information content (AvgIpc) is 2.71. The Balaban J connectivity index is 1.77. The van der Waals surface area contributed by atoms with Crippen LogP contribution in [-0.4, -0.2) is 35.5 Å².